The van der Waals surface area contributed by atoms with Crippen LogP contribution in [0, 0.1) is 11.8 Å². The van der Waals surface area contributed by atoms with Crippen molar-refractivity contribution in [2.75, 3.05) is 7.05 Å². The Morgan fingerprint density at radius 1 is 1.30 bits per heavy atom. The second kappa shape index (κ2) is 6.28. The topological polar surface area (TPSA) is 71.3 Å². The van der Waals surface area contributed by atoms with E-state index in [1.54, 1.807) is 6.07 Å². The highest BCUT2D eigenvalue weighted by Crippen LogP contribution is 2.28. The van der Waals surface area contributed by atoms with Crippen LogP contribution in [0.5, 0.6) is 0 Å². The zero-order valence-corrected chi connectivity index (χ0v) is 13.2. The third kappa shape index (κ3) is 3.62. The number of rotatable bonds is 5. The van der Waals surface area contributed by atoms with Gasteiger partial charge in [0.1, 0.15) is 5.76 Å². The molecule has 1 heterocycles. The fraction of sp³-hybridized carbons (Fsp3) is 0.714. The molecule has 0 radical (unpaired) electrons. The first-order valence-electron chi connectivity index (χ1n) is 7.18. The Bertz CT molecular complexity index is 538. The van der Waals surface area contributed by atoms with E-state index in [0.29, 0.717) is 24.3 Å². The smallest absolute Gasteiger partial charge is 0.273 e. The second-order valence-electron chi connectivity index (χ2n) is 5.81. The van der Waals surface area contributed by atoms with E-state index in [2.05, 4.69) is 23.9 Å². The van der Waals surface area contributed by atoms with Crippen LogP contribution in [-0.4, -0.2) is 21.5 Å². The maximum atomic E-state index is 11.6. The molecule has 1 saturated carbocycles. The van der Waals surface area contributed by atoms with Gasteiger partial charge in [-0.05, 0) is 50.3 Å². The summed E-state index contributed by atoms with van der Waals surface area (Å²) in [6.07, 6.45) is 3.67. The molecule has 1 aliphatic rings. The van der Waals surface area contributed by atoms with Crippen molar-refractivity contribution in [2.45, 2.75) is 50.8 Å². The highest BCUT2D eigenvalue weighted by atomic mass is 32.2. The van der Waals surface area contributed by atoms with Crippen molar-refractivity contribution in [3.8, 4) is 0 Å². The van der Waals surface area contributed by atoms with Crippen molar-refractivity contribution < 1.29 is 12.8 Å². The molecule has 3 unspecified atom stereocenters. The van der Waals surface area contributed by atoms with Crippen molar-refractivity contribution in [2.24, 2.45) is 11.8 Å². The molecule has 5 nitrogen and oxygen atoms in total. The average molecular weight is 300 g/mol. The van der Waals surface area contributed by atoms with E-state index in [1.807, 2.05) is 0 Å². The Morgan fingerprint density at radius 2 is 2.05 bits per heavy atom. The minimum Gasteiger partial charge on any atom is -0.447 e. The van der Waals surface area contributed by atoms with Crippen LogP contribution in [0.25, 0.3) is 0 Å². The molecule has 3 atom stereocenters. The molecule has 0 amide bonds. The van der Waals surface area contributed by atoms with Crippen molar-refractivity contribution in [3.05, 3.63) is 17.9 Å². The third-order valence-electron chi connectivity index (χ3n) is 4.14. The average Bonchev–Trinajstić information content (AvgIpc) is 2.87. The lowest BCUT2D eigenvalue weighted by molar-refractivity contribution is 0.222. The van der Waals surface area contributed by atoms with Gasteiger partial charge in [0, 0.05) is 6.04 Å². The summed E-state index contributed by atoms with van der Waals surface area (Å²) in [5, 5.41) is 3.46. The van der Waals surface area contributed by atoms with Crippen molar-refractivity contribution in [3.63, 3.8) is 0 Å². The molecule has 0 spiro atoms. The van der Waals surface area contributed by atoms with Gasteiger partial charge in [-0.2, -0.15) is 0 Å². The summed E-state index contributed by atoms with van der Waals surface area (Å²) in [7, 11) is -2.11. The molecule has 1 aliphatic carbocycles. The molecule has 1 aromatic rings. The standard InChI is InChI=1S/C14H24N2O3S/c1-10-4-6-13(11(2)8-10)16-9-12-5-7-14(19-12)20(17,18)15-3/h5,7,10-11,13,15-16H,4,6,8-9H2,1-3H3. The first-order valence-corrected chi connectivity index (χ1v) is 8.66. The highest BCUT2D eigenvalue weighted by molar-refractivity contribution is 7.89. The summed E-state index contributed by atoms with van der Waals surface area (Å²) in [5.41, 5.74) is 0. The van der Waals surface area contributed by atoms with Gasteiger partial charge >= 0.3 is 0 Å². The van der Waals surface area contributed by atoms with E-state index in [1.165, 1.54) is 32.4 Å². The quantitative estimate of drug-likeness (QED) is 0.873. The van der Waals surface area contributed by atoms with Gasteiger partial charge in [0.15, 0.2) is 0 Å². The van der Waals surface area contributed by atoms with E-state index >= 15 is 0 Å². The van der Waals surface area contributed by atoms with Crippen molar-refractivity contribution in [1.82, 2.24) is 10.0 Å². The summed E-state index contributed by atoms with van der Waals surface area (Å²) in [4.78, 5) is 0. The van der Waals surface area contributed by atoms with Crippen LogP contribution in [0.3, 0.4) is 0 Å². The maximum absolute atomic E-state index is 11.6. The normalized spacial score (nSPS) is 27.6. The Kier molecular flexibility index (Phi) is 4.88. The minimum absolute atomic E-state index is 0.0258. The van der Waals surface area contributed by atoms with Crippen LogP contribution in [0.15, 0.2) is 21.6 Å². The third-order valence-corrected chi connectivity index (χ3v) is 5.43. The fourth-order valence-electron chi connectivity index (χ4n) is 2.90. The van der Waals surface area contributed by atoms with Crippen LogP contribution in [0.1, 0.15) is 38.9 Å². The number of sulfonamides is 1. The molecule has 1 fully saturated rings. The predicted octanol–water partition coefficient (Wildman–Crippen LogP) is 2.10. The monoisotopic (exact) mass is 300 g/mol. The van der Waals surface area contributed by atoms with Crippen molar-refractivity contribution in [1.29, 1.82) is 0 Å². The maximum Gasteiger partial charge on any atom is 0.273 e. The molecule has 6 heteroatoms. The lowest BCUT2D eigenvalue weighted by Gasteiger charge is -2.33. The van der Waals surface area contributed by atoms with Gasteiger partial charge in [-0.1, -0.05) is 13.8 Å². The molecule has 1 aromatic heterocycles. The summed E-state index contributed by atoms with van der Waals surface area (Å²) in [5.74, 6) is 2.11. The molecule has 2 rings (SSSR count). The number of furan rings is 1. The molecule has 0 aromatic carbocycles. The Morgan fingerprint density at radius 3 is 2.70 bits per heavy atom. The first-order chi connectivity index (χ1) is 9.42. The van der Waals surface area contributed by atoms with Gasteiger partial charge in [-0.3, -0.25) is 0 Å². The van der Waals surface area contributed by atoms with Crippen LogP contribution >= 0.6 is 0 Å². The molecule has 0 saturated heterocycles. The fourth-order valence-corrected chi connectivity index (χ4v) is 3.56. The lowest BCUT2D eigenvalue weighted by Crippen LogP contribution is -2.38. The van der Waals surface area contributed by atoms with Gasteiger partial charge in [-0.25, -0.2) is 13.1 Å². The van der Waals surface area contributed by atoms with E-state index in [9.17, 15) is 8.42 Å². The molecular weight excluding hydrogens is 276 g/mol. The molecular formula is C14H24N2O3S. The van der Waals surface area contributed by atoms with Crippen LogP contribution in [0.2, 0.25) is 0 Å². The molecule has 2 N–H and O–H groups in total. The minimum atomic E-state index is -3.48. The van der Waals surface area contributed by atoms with Gasteiger partial charge in [0.25, 0.3) is 10.0 Å². The zero-order chi connectivity index (χ0) is 14.8. The predicted molar refractivity (Wildman–Crippen MR) is 77.8 cm³/mol. The second-order valence-corrected chi connectivity index (χ2v) is 7.63. The van der Waals surface area contributed by atoms with Crippen LogP contribution < -0.4 is 10.0 Å². The Balaban J connectivity index is 1.92. The number of hydrogen-bond acceptors (Lipinski definition) is 4. The first kappa shape index (κ1) is 15.5. The van der Waals surface area contributed by atoms with E-state index in [4.69, 9.17) is 4.42 Å². The van der Waals surface area contributed by atoms with Crippen molar-refractivity contribution >= 4 is 10.0 Å². The lowest BCUT2D eigenvalue weighted by atomic mass is 9.80. The summed E-state index contributed by atoms with van der Waals surface area (Å²) < 4.78 is 30.8. The van der Waals surface area contributed by atoms with E-state index in [0.717, 1.165) is 5.92 Å². The largest absolute Gasteiger partial charge is 0.447 e. The zero-order valence-electron chi connectivity index (χ0n) is 12.3. The Labute approximate surface area is 121 Å². The molecule has 0 aliphatic heterocycles. The summed E-state index contributed by atoms with van der Waals surface area (Å²) in [6, 6.07) is 3.70. The number of hydrogen-bond donors (Lipinski definition) is 2. The number of nitrogens with one attached hydrogen (secondary N) is 2. The van der Waals surface area contributed by atoms with Gasteiger partial charge in [0.2, 0.25) is 5.09 Å². The summed E-state index contributed by atoms with van der Waals surface area (Å²) >= 11 is 0. The SMILES string of the molecule is CNS(=O)(=O)c1ccc(CNC2CCC(C)CC2C)o1. The van der Waals surface area contributed by atoms with Gasteiger partial charge in [0.05, 0.1) is 6.54 Å². The van der Waals surface area contributed by atoms with Crippen LogP contribution in [-0.2, 0) is 16.6 Å². The van der Waals surface area contributed by atoms with Crippen LogP contribution in [0.4, 0.5) is 0 Å². The Hall–Kier alpha value is -0.850. The highest BCUT2D eigenvalue weighted by Gasteiger charge is 2.25. The molecule has 0 bridgehead atoms. The van der Waals surface area contributed by atoms with E-state index in [-0.39, 0.29) is 5.09 Å². The van der Waals surface area contributed by atoms with Gasteiger partial charge < -0.3 is 9.73 Å². The van der Waals surface area contributed by atoms with E-state index < -0.39 is 10.0 Å². The molecule has 114 valence electrons. The summed E-state index contributed by atoms with van der Waals surface area (Å²) in [6.45, 7) is 5.14. The molecule has 20 heavy (non-hydrogen) atoms. The van der Waals surface area contributed by atoms with Gasteiger partial charge in [-0.15, -0.1) is 0 Å².